The molecule has 4 atom stereocenters. The van der Waals surface area contributed by atoms with Gasteiger partial charge in [0, 0.05) is 38.3 Å². The minimum absolute atomic E-state index is 0.281. The predicted molar refractivity (Wildman–Crippen MR) is 120 cm³/mol. The predicted octanol–water partition coefficient (Wildman–Crippen LogP) is 3.00. The summed E-state index contributed by atoms with van der Waals surface area (Å²) in [5.41, 5.74) is 0.950. The van der Waals surface area contributed by atoms with Crippen LogP contribution in [0.15, 0.2) is 42.7 Å². The number of methoxy groups -OCH3 is 1. The summed E-state index contributed by atoms with van der Waals surface area (Å²) < 4.78 is 27.5. The summed E-state index contributed by atoms with van der Waals surface area (Å²) in [6.45, 7) is 3.73. The molecule has 1 unspecified atom stereocenters. The van der Waals surface area contributed by atoms with E-state index in [4.69, 9.17) is 23.7 Å². The second-order valence-electron chi connectivity index (χ2n) is 7.26. The lowest BCUT2D eigenvalue weighted by molar-refractivity contribution is -0.186. The SMILES string of the molecule is COc1cccc(-c2cncc(OC3SC[C@@H](OC(C)=O)[C@H](OC(C)=O)[C@H]3OC(C)=O)c2)c1. The zero-order valence-electron chi connectivity index (χ0n) is 18.7. The summed E-state index contributed by atoms with van der Waals surface area (Å²) in [6.07, 6.45) is 0.416. The van der Waals surface area contributed by atoms with Crippen molar-refractivity contribution in [1.82, 2.24) is 4.98 Å². The van der Waals surface area contributed by atoms with E-state index < -0.39 is 41.7 Å². The first-order valence-corrected chi connectivity index (χ1v) is 11.2. The van der Waals surface area contributed by atoms with E-state index in [9.17, 15) is 14.4 Å². The van der Waals surface area contributed by atoms with Gasteiger partial charge in [-0.25, -0.2) is 0 Å². The van der Waals surface area contributed by atoms with Crippen molar-refractivity contribution in [2.75, 3.05) is 12.9 Å². The van der Waals surface area contributed by atoms with Crippen LogP contribution in [0.25, 0.3) is 11.1 Å². The molecule has 1 saturated heterocycles. The molecule has 1 aromatic heterocycles. The first kappa shape index (κ1) is 24.4. The fourth-order valence-corrected chi connectivity index (χ4v) is 4.60. The molecule has 0 aliphatic carbocycles. The van der Waals surface area contributed by atoms with Gasteiger partial charge in [-0.05, 0) is 23.8 Å². The van der Waals surface area contributed by atoms with Crippen LogP contribution in [-0.2, 0) is 28.6 Å². The van der Waals surface area contributed by atoms with E-state index in [1.54, 1.807) is 19.4 Å². The lowest BCUT2D eigenvalue weighted by atomic mass is 10.1. The highest BCUT2D eigenvalue weighted by molar-refractivity contribution is 7.99. The molecular weight excluding hydrogens is 450 g/mol. The van der Waals surface area contributed by atoms with Gasteiger partial charge in [0.25, 0.3) is 0 Å². The molecule has 1 aliphatic rings. The fraction of sp³-hybridized carbons (Fsp3) is 0.391. The summed E-state index contributed by atoms with van der Waals surface area (Å²) in [6, 6.07) is 9.30. The molecule has 1 aromatic carbocycles. The quantitative estimate of drug-likeness (QED) is 0.438. The monoisotopic (exact) mass is 475 g/mol. The molecule has 0 bridgehead atoms. The maximum absolute atomic E-state index is 11.8. The van der Waals surface area contributed by atoms with E-state index in [1.165, 1.54) is 38.7 Å². The molecule has 9 nitrogen and oxygen atoms in total. The fourth-order valence-electron chi connectivity index (χ4n) is 3.39. The third-order valence-corrected chi connectivity index (χ3v) is 5.89. The maximum Gasteiger partial charge on any atom is 0.303 e. The first-order valence-electron chi connectivity index (χ1n) is 10.2. The largest absolute Gasteiger partial charge is 0.497 e. The molecule has 176 valence electrons. The summed E-state index contributed by atoms with van der Waals surface area (Å²) in [7, 11) is 1.59. The highest BCUT2D eigenvalue weighted by atomic mass is 32.2. The molecule has 0 radical (unpaired) electrons. The Morgan fingerprint density at radius 1 is 0.879 bits per heavy atom. The van der Waals surface area contributed by atoms with Crippen LogP contribution >= 0.6 is 11.8 Å². The number of esters is 3. The Hall–Kier alpha value is -3.27. The van der Waals surface area contributed by atoms with Crippen LogP contribution in [0.2, 0.25) is 0 Å². The van der Waals surface area contributed by atoms with Crippen LogP contribution < -0.4 is 9.47 Å². The average molecular weight is 476 g/mol. The topological polar surface area (TPSA) is 110 Å². The number of thioether (sulfide) groups is 1. The van der Waals surface area contributed by atoms with Gasteiger partial charge < -0.3 is 23.7 Å². The smallest absolute Gasteiger partial charge is 0.303 e. The van der Waals surface area contributed by atoms with Crippen molar-refractivity contribution in [3.63, 3.8) is 0 Å². The molecule has 0 spiro atoms. The van der Waals surface area contributed by atoms with Gasteiger partial charge in [0.05, 0.1) is 13.3 Å². The molecule has 0 amide bonds. The van der Waals surface area contributed by atoms with E-state index in [1.807, 2.05) is 24.3 Å². The molecule has 3 rings (SSSR count). The lowest BCUT2D eigenvalue weighted by Gasteiger charge is -2.39. The van der Waals surface area contributed by atoms with E-state index in [2.05, 4.69) is 4.98 Å². The van der Waals surface area contributed by atoms with Crippen LogP contribution in [0.3, 0.4) is 0 Å². The first-order chi connectivity index (χ1) is 15.8. The molecule has 33 heavy (non-hydrogen) atoms. The normalized spacial score (nSPS) is 22.1. The molecule has 0 N–H and O–H groups in total. The molecule has 1 fully saturated rings. The Bertz CT molecular complexity index is 1010. The molecular formula is C23H25NO8S. The van der Waals surface area contributed by atoms with Crippen molar-refractivity contribution in [1.29, 1.82) is 0 Å². The Labute approximate surface area is 195 Å². The third kappa shape index (κ3) is 6.61. The second-order valence-corrected chi connectivity index (χ2v) is 8.39. The Kier molecular flexibility index (Phi) is 8.16. The number of hydrogen-bond acceptors (Lipinski definition) is 10. The van der Waals surface area contributed by atoms with Crippen LogP contribution in [0, 0.1) is 0 Å². The zero-order chi connectivity index (χ0) is 24.0. The number of pyridine rings is 1. The molecule has 1 aliphatic heterocycles. The molecule has 2 aromatic rings. The van der Waals surface area contributed by atoms with E-state index in [0.717, 1.165) is 11.1 Å². The second kappa shape index (κ2) is 11.0. The molecule has 2 heterocycles. The van der Waals surface area contributed by atoms with E-state index >= 15 is 0 Å². The molecule has 0 saturated carbocycles. The van der Waals surface area contributed by atoms with Gasteiger partial charge in [-0.15, -0.1) is 11.8 Å². The molecule has 10 heteroatoms. The van der Waals surface area contributed by atoms with E-state index in [0.29, 0.717) is 11.5 Å². The minimum Gasteiger partial charge on any atom is -0.497 e. The van der Waals surface area contributed by atoms with Crippen LogP contribution in [0.4, 0.5) is 0 Å². The van der Waals surface area contributed by atoms with Gasteiger partial charge in [0.1, 0.15) is 11.5 Å². The number of rotatable bonds is 7. The minimum atomic E-state index is -1.02. The number of nitrogens with zero attached hydrogens (tertiary/aromatic N) is 1. The van der Waals surface area contributed by atoms with Crippen LogP contribution in [0.1, 0.15) is 20.8 Å². The van der Waals surface area contributed by atoms with Gasteiger partial charge in [-0.2, -0.15) is 0 Å². The highest BCUT2D eigenvalue weighted by Crippen LogP contribution is 2.35. The third-order valence-electron chi connectivity index (χ3n) is 4.67. The summed E-state index contributed by atoms with van der Waals surface area (Å²) in [5, 5.41) is 0. The maximum atomic E-state index is 11.8. The van der Waals surface area contributed by atoms with Crippen LogP contribution in [0.5, 0.6) is 11.5 Å². The summed E-state index contributed by atoms with van der Waals surface area (Å²) in [5.74, 6) is -0.299. The van der Waals surface area contributed by atoms with E-state index in [-0.39, 0.29) is 5.75 Å². The van der Waals surface area contributed by atoms with Crippen molar-refractivity contribution in [2.45, 2.75) is 44.5 Å². The lowest BCUT2D eigenvalue weighted by Crippen LogP contribution is -2.55. The Morgan fingerprint density at radius 3 is 2.21 bits per heavy atom. The number of ether oxygens (including phenoxy) is 5. The summed E-state index contributed by atoms with van der Waals surface area (Å²) >= 11 is 1.28. The summed E-state index contributed by atoms with van der Waals surface area (Å²) in [4.78, 5) is 39.3. The Morgan fingerprint density at radius 2 is 1.55 bits per heavy atom. The van der Waals surface area contributed by atoms with Crippen molar-refractivity contribution >= 4 is 29.7 Å². The number of aromatic nitrogens is 1. The van der Waals surface area contributed by atoms with Crippen molar-refractivity contribution < 1.29 is 38.1 Å². The number of benzene rings is 1. The van der Waals surface area contributed by atoms with Gasteiger partial charge in [0.15, 0.2) is 23.7 Å². The Balaban J connectivity index is 1.87. The highest BCUT2D eigenvalue weighted by Gasteiger charge is 2.47. The van der Waals surface area contributed by atoms with Crippen molar-refractivity contribution in [2.24, 2.45) is 0 Å². The number of carbonyl (C=O) groups is 3. The number of hydrogen-bond donors (Lipinski definition) is 0. The van der Waals surface area contributed by atoms with Gasteiger partial charge in [0.2, 0.25) is 0 Å². The number of carbonyl (C=O) groups excluding carboxylic acids is 3. The standard InChI is InChI=1S/C23H25NO8S/c1-13(25)29-20-12-33-23(22(31-15(3)27)21(20)30-14(2)26)32-19-9-17(10-24-11-19)16-6-5-7-18(8-16)28-4/h5-11,20-23H,12H2,1-4H3/t20-,21+,22-,23?/m1/s1. The zero-order valence-corrected chi connectivity index (χ0v) is 19.5. The van der Waals surface area contributed by atoms with Crippen molar-refractivity contribution in [3.8, 4) is 22.6 Å². The van der Waals surface area contributed by atoms with Crippen molar-refractivity contribution in [3.05, 3.63) is 42.7 Å². The van der Waals surface area contributed by atoms with Gasteiger partial charge in [-0.3, -0.25) is 19.4 Å². The van der Waals surface area contributed by atoms with Crippen LogP contribution in [-0.4, -0.2) is 59.5 Å². The van der Waals surface area contributed by atoms with Gasteiger partial charge in [-0.1, -0.05) is 12.1 Å². The van der Waals surface area contributed by atoms with Gasteiger partial charge >= 0.3 is 17.9 Å². The average Bonchev–Trinajstić information content (AvgIpc) is 2.77.